The number of fused-ring (bicyclic) bond motifs is 1. The first-order valence-electron chi connectivity index (χ1n) is 8.06. The molecule has 0 amide bonds. The third-order valence-electron chi connectivity index (χ3n) is 5.42. The van der Waals surface area contributed by atoms with Gasteiger partial charge in [0.1, 0.15) is 11.6 Å². The molecule has 0 saturated heterocycles. The molecule has 0 radical (unpaired) electrons. The van der Waals surface area contributed by atoms with Crippen LogP contribution in [0.2, 0.25) is 0 Å². The molecule has 0 aromatic heterocycles. The summed E-state index contributed by atoms with van der Waals surface area (Å²) in [4.78, 5) is 12.6. The zero-order valence-corrected chi connectivity index (χ0v) is 12.5. The zero-order chi connectivity index (χ0) is 15.0. The summed E-state index contributed by atoms with van der Waals surface area (Å²) in [5.41, 5.74) is 0.416. The van der Waals surface area contributed by atoms with E-state index in [2.05, 4.69) is 0 Å². The first-order chi connectivity index (χ1) is 10.1. The molecule has 3 rings (SSSR count). The van der Waals surface area contributed by atoms with Crippen molar-refractivity contribution in [2.24, 2.45) is 17.8 Å². The minimum atomic E-state index is -0.714. The third-order valence-corrected chi connectivity index (χ3v) is 5.42. The highest BCUT2D eigenvalue weighted by atomic mass is 19.1. The smallest absolute Gasteiger partial charge is 0.168 e. The van der Waals surface area contributed by atoms with Crippen molar-refractivity contribution in [1.29, 1.82) is 0 Å². The Bertz CT molecular complexity index is 552. The first kappa shape index (κ1) is 14.7. The summed E-state index contributed by atoms with van der Waals surface area (Å²) in [5.74, 6) is -0.106. The molecule has 2 aliphatic carbocycles. The monoisotopic (exact) mass is 292 g/mol. The summed E-state index contributed by atoms with van der Waals surface area (Å²) in [6, 6.07) is 2.22. The second-order valence-corrected chi connectivity index (χ2v) is 6.76. The highest BCUT2D eigenvalue weighted by molar-refractivity contribution is 5.98. The molecular weight excluding hydrogens is 270 g/mol. The van der Waals surface area contributed by atoms with E-state index in [9.17, 15) is 13.6 Å². The number of aryl methyl sites for hydroxylation is 1. The van der Waals surface area contributed by atoms with Gasteiger partial charge in [0.2, 0.25) is 0 Å². The van der Waals surface area contributed by atoms with Gasteiger partial charge in [-0.15, -0.1) is 0 Å². The number of halogens is 2. The van der Waals surface area contributed by atoms with Crippen molar-refractivity contribution in [2.75, 3.05) is 0 Å². The molecule has 1 aromatic rings. The molecule has 2 aliphatic rings. The average molecular weight is 292 g/mol. The topological polar surface area (TPSA) is 17.1 Å². The predicted octanol–water partition coefficient (Wildman–Crippen LogP) is 5.06. The van der Waals surface area contributed by atoms with Crippen molar-refractivity contribution >= 4 is 5.78 Å². The number of Topliss-reactive ketones (excluding diaryl/α,β-unsaturated/α-hetero) is 1. The number of hydrogen-bond acceptors (Lipinski definition) is 1. The summed E-state index contributed by atoms with van der Waals surface area (Å²) in [6.07, 6.45) is 7.89. The van der Waals surface area contributed by atoms with Gasteiger partial charge in [-0.1, -0.05) is 25.7 Å². The number of rotatable bonds is 2. The van der Waals surface area contributed by atoms with Crippen LogP contribution in [0.5, 0.6) is 0 Å². The third kappa shape index (κ3) is 2.88. The lowest BCUT2D eigenvalue weighted by atomic mass is 9.66. The van der Waals surface area contributed by atoms with Gasteiger partial charge >= 0.3 is 0 Å². The molecule has 21 heavy (non-hydrogen) atoms. The normalized spacial score (nSPS) is 29.0. The van der Waals surface area contributed by atoms with Gasteiger partial charge in [-0.05, 0) is 49.7 Å². The van der Waals surface area contributed by atoms with E-state index in [4.69, 9.17) is 0 Å². The van der Waals surface area contributed by atoms with Gasteiger partial charge in [0.25, 0.3) is 0 Å². The Morgan fingerprint density at radius 3 is 2.48 bits per heavy atom. The summed E-state index contributed by atoms with van der Waals surface area (Å²) in [7, 11) is 0. The molecular formula is C18H22F2O. The quantitative estimate of drug-likeness (QED) is 0.696. The molecule has 3 heteroatoms. The van der Waals surface area contributed by atoms with Crippen molar-refractivity contribution in [1.82, 2.24) is 0 Å². The van der Waals surface area contributed by atoms with Crippen molar-refractivity contribution in [3.63, 3.8) is 0 Å². The Balaban J connectivity index is 1.78. The molecule has 3 atom stereocenters. The first-order valence-corrected chi connectivity index (χ1v) is 8.06. The molecule has 3 unspecified atom stereocenters. The lowest BCUT2D eigenvalue weighted by molar-refractivity contribution is 0.0759. The lowest BCUT2D eigenvalue weighted by Gasteiger charge is -2.38. The number of benzene rings is 1. The fourth-order valence-electron chi connectivity index (χ4n) is 4.18. The summed E-state index contributed by atoms with van der Waals surface area (Å²) < 4.78 is 27.2. The maximum Gasteiger partial charge on any atom is 0.168 e. The lowest BCUT2D eigenvalue weighted by Crippen LogP contribution is -2.31. The van der Waals surface area contributed by atoms with Gasteiger partial charge in [-0.25, -0.2) is 8.78 Å². The molecule has 114 valence electrons. The fraction of sp³-hybridized carbons (Fsp3) is 0.611. The number of ketones is 1. The maximum atomic E-state index is 13.9. The van der Waals surface area contributed by atoms with Crippen molar-refractivity contribution in [3.05, 3.63) is 34.9 Å². The van der Waals surface area contributed by atoms with Crippen molar-refractivity contribution in [3.8, 4) is 0 Å². The Labute approximate surface area is 124 Å². The van der Waals surface area contributed by atoms with Crippen molar-refractivity contribution < 1.29 is 13.6 Å². The van der Waals surface area contributed by atoms with E-state index in [-0.39, 0.29) is 17.3 Å². The second kappa shape index (κ2) is 5.86. The van der Waals surface area contributed by atoms with Crippen LogP contribution in [0.25, 0.3) is 0 Å². The van der Waals surface area contributed by atoms with Gasteiger partial charge in [-0.2, -0.15) is 0 Å². The summed E-state index contributed by atoms with van der Waals surface area (Å²) >= 11 is 0. The van der Waals surface area contributed by atoms with E-state index in [1.807, 2.05) is 0 Å². The van der Waals surface area contributed by atoms with Crippen LogP contribution < -0.4 is 0 Å². The SMILES string of the molecule is Cc1cc(C(=O)C2CCC3CCCCC3C2)c(F)cc1F. The molecule has 0 N–H and O–H groups in total. The van der Waals surface area contributed by atoms with Gasteiger partial charge in [-0.3, -0.25) is 4.79 Å². The highest BCUT2D eigenvalue weighted by Gasteiger charge is 2.35. The standard InChI is InChI=1S/C18H22F2O/c1-11-8-15(17(20)10-16(11)19)18(21)14-7-6-12-4-2-3-5-13(12)9-14/h8,10,12-14H,2-7,9H2,1H3. The van der Waals surface area contributed by atoms with E-state index in [0.29, 0.717) is 11.5 Å². The largest absolute Gasteiger partial charge is 0.294 e. The minimum absolute atomic E-state index is 0.0770. The van der Waals surface area contributed by atoms with E-state index < -0.39 is 11.6 Å². The van der Waals surface area contributed by atoms with Crippen LogP contribution in [-0.2, 0) is 0 Å². The van der Waals surface area contributed by atoms with E-state index in [0.717, 1.165) is 31.2 Å². The van der Waals surface area contributed by atoms with Crippen LogP contribution in [0.1, 0.15) is 60.9 Å². The Morgan fingerprint density at radius 2 is 1.71 bits per heavy atom. The van der Waals surface area contributed by atoms with Crippen LogP contribution >= 0.6 is 0 Å². The molecule has 2 saturated carbocycles. The molecule has 1 nitrogen and oxygen atoms in total. The van der Waals surface area contributed by atoms with Crippen LogP contribution in [0.3, 0.4) is 0 Å². The van der Waals surface area contributed by atoms with Gasteiger partial charge in [0.05, 0.1) is 5.56 Å². The molecule has 1 aromatic carbocycles. The average Bonchev–Trinajstić information content (AvgIpc) is 2.50. The number of hydrogen-bond donors (Lipinski definition) is 0. The van der Waals surface area contributed by atoms with Gasteiger partial charge < -0.3 is 0 Å². The van der Waals surface area contributed by atoms with E-state index in [1.54, 1.807) is 6.92 Å². The van der Waals surface area contributed by atoms with Gasteiger partial charge in [0, 0.05) is 12.0 Å². The van der Waals surface area contributed by atoms with Gasteiger partial charge in [0.15, 0.2) is 5.78 Å². The molecule has 0 spiro atoms. The number of carbonyl (C=O) groups excluding carboxylic acids is 1. The molecule has 2 fully saturated rings. The Morgan fingerprint density at radius 1 is 1.00 bits per heavy atom. The minimum Gasteiger partial charge on any atom is -0.294 e. The van der Waals surface area contributed by atoms with Crippen LogP contribution in [0.4, 0.5) is 8.78 Å². The van der Waals surface area contributed by atoms with Crippen molar-refractivity contribution in [2.45, 2.75) is 51.9 Å². The molecule has 0 bridgehead atoms. The van der Waals surface area contributed by atoms with Crippen LogP contribution in [-0.4, -0.2) is 5.78 Å². The highest BCUT2D eigenvalue weighted by Crippen LogP contribution is 2.43. The van der Waals surface area contributed by atoms with Crippen LogP contribution in [0.15, 0.2) is 12.1 Å². The predicted molar refractivity (Wildman–Crippen MR) is 78.2 cm³/mol. The van der Waals surface area contributed by atoms with E-state index >= 15 is 0 Å². The Kier molecular flexibility index (Phi) is 4.10. The Hall–Kier alpha value is -1.25. The fourth-order valence-corrected chi connectivity index (χ4v) is 4.18. The maximum absolute atomic E-state index is 13.9. The number of carbonyl (C=O) groups is 1. The second-order valence-electron chi connectivity index (χ2n) is 6.76. The zero-order valence-electron chi connectivity index (χ0n) is 12.5. The molecule has 0 heterocycles. The summed E-state index contributed by atoms with van der Waals surface area (Å²) in [6.45, 7) is 1.57. The van der Waals surface area contributed by atoms with E-state index in [1.165, 1.54) is 31.7 Å². The molecule has 0 aliphatic heterocycles. The summed E-state index contributed by atoms with van der Waals surface area (Å²) in [5, 5.41) is 0. The van der Waals surface area contributed by atoms with Crippen LogP contribution in [0, 0.1) is 36.3 Å².